The van der Waals surface area contributed by atoms with Crippen molar-refractivity contribution in [3.8, 4) is 0 Å². The first-order chi connectivity index (χ1) is 11.4. The lowest BCUT2D eigenvalue weighted by atomic mass is 10.2. The lowest BCUT2D eigenvalue weighted by molar-refractivity contribution is -0.135. The number of amides is 1. The first-order valence-electron chi connectivity index (χ1n) is 6.77. The van der Waals surface area contributed by atoms with Gasteiger partial charge in [-0.3, -0.25) is 10.1 Å². The number of benzene rings is 1. The fraction of sp³-hybridized carbons (Fsp3) is 0.200. The molecule has 1 fully saturated rings. The molecule has 0 saturated carbocycles. The van der Waals surface area contributed by atoms with Gasteiger partial charge < -0.3 is 9.64 Å². The molecule has 9 heteroatoms. The van der Waals surface area contributed by atoms with Gasteiger partial charge in [0.1, 0.15) is 0 Å². The van der Waals surface area contributed by atoms with Crippen LogP contribution in [0.3, 0.4) is 0 Å². The van der Waals surface area contributed by atoms with Crippen LogP contribution in [-0.4, -0.2) is 44.5 Å². The second kappa shape index (κ2) is 7.98. The predicted molar refractivity (Wildman–Crippen MR) is 96.6 cm³/mol. The summed E-state index contributed by atoms with van der Waals surface area (Å²) in [5.74, 6) is -1.03. The van der Waals surface area contributed by atoms with Gasteiger partial charge in [-0.2, -0.15) is 5.10 Å². The van der Waals surface area contributed by atoms with E-state index in [9.17, 15) is 9.59 Å². The van der Waals surface area contributed by atoms with E-state index < -0.39 is 11.9 Å². The Balaban J connectivity index is 2.09. The summed E-state index contributed by atoms with van der Waals surface area (Å²) in [6, 6.07) is 5.55. The number of amidine groups is 1. The molecular formula is C15H15ClN4O3S. The molecule has 1 aliphatic heterocycles. The molecule has 1 N–H and O–H groups in total. The second-order valence-electron chi connectivity index (χ2n) is 4.84. The van der Waals surface area contributed by atoms with Gasteiger partial charge in [-0.05, 0) is 30.0 Å². The van der Waals surface area contributed by atoms with Crippen molar-refractivity contribution in [2.75, 3.05) is 26.1 Å². The largest absolute Gasteiger partial charge is 0.466 e. The first-order valence-corrected chi connectivity index (χ1v) is 7.97. The van der Waals surface area contributed by atoms with Crippen molar-refractivity contribution in [2.45, 2.75) is 0 Å². The predicted octanol–water partition coefficient (Wildman–Crippen LogP) is 2.02. The Bertz CT molecular complexity index is 759. The Morgan fingerprint density at radius 3 is 2.79 bits per heavy atom. The van der Waals surface area contributed by atoms with E-state index >= 15 is 0 Å². The zero-order valence-electron chi connectivity index (χ0n) is 13.2. The summed E-state index contributed by atoms with van der Waals surface area (Å²) in [5, 5.41) is 11.1. The molecule has 0 aromatic heterocycles. The lowest BCUT2D eigenvalue weighted by Gasteiger charge is -2.12. The molecular weight excluding hydrogens is 352 g/mol. The molecule has 24 heavy (non-hydrogen) atoms. The molecule has 1 heterocycles. The van der Waals surface area contributed by atoms with Crippen LogP contribution in [0, 0.1) is 0 Å². The van der Waals surface area contributed by atoms with Gasteiger partial charge in [-0.25, -0.2) is 4.79 Å². The summed E-state index contributed by atoms with van der Waals surface area (Å²) in [4.78, 5) is 24.9. The fourth-order valence-corrected chi connectivity index (χ4v) is 2.65. The Morgan fingerprint density at radius 1 is 1.42 bits per heavy atom. The van der Waals surface area contributed by atoms with Crippen molar-refractivity contribution < 1.29 is 14.3 Å². The zero-order valence-corrected chi connectivity index (χ0v) is 14.8. The topological polar surface area (TPSA) is 83.4 Å². The number of methoxy groups -OCH3 is 1. The fourth-order valence-electron chi connectivity index (χ4n) is 1.68. The molecule has 2 rings (SSSR count). The zero-order chi connectivity index (χ0) is 17.7. The molecule has 126 valence electrons. The summed E-state index contributed by atoms with van der Waals surface area (Å²) in [6.45, 7) is 0. The number of carbonyl (C=O) groups excluding carboxylic acids is 2. The van der Waals surface area contributed by atoms with Crippen LogP contribution in [-0.2, 0) is 14.3 Å². The van der Waals surface area contributed by atoms with E-state index in [-0.39, 0.29) is 10.1 Å². The Morgan fingerprint density at radius 2 is 2.17 bits per heavy atom. The second-order valence-corrected chi connectivity index (χ2v) is 6.28. The van der Waals surface area contributed by atoms with Crippen LogP contribution in [0.25, 0.3) is 0 Å². The smallest absolute Gasteiger partial charge is 0.331 e. The molecule has 1 aromatic carbocycles. The number of halogens is 1. The molecule has 1 aromatic rings. The minimum Gasteiger partial charge on any atom is -0.466 e. The summed E-state index contributed by atoms with van der Waals surface area (Å²) in [7, 11) is 5.08. The lowest BCUT2D eigenvalue weighted by Crippen LogP contribution is -2.19. The van der Waals surface area contributed by atoms with Crippen molar-refractivity contribution in [1.29, 1.82) is 0 Å². The summed E-state index contributed by atoms with van der Waals surface area (Å²) in [6.07, 6.45) is 2.59. The third-order valence-corrected chi connectivity index (χ3v) is 4.17. The van der Waals surface area contributed by atoms with Crippen LogP contribution < -0.4 is 10.2 Å². The minimum absolute atomic E-state index is 0.198. The van der Waals surface area contributed by atoms with Crippen LogP contribution in [0.2, 0.25) is 5.02 Å². The Hall–Kier alpha value is -2.32. The van der Waals surface area contributed by atoms with Crippen LogP contribution in [0.4, 0.5) is 5.69 Å². The van der Waals surface area contributed by atoms with E-state index in [2.05, 4.69) is 20.3 Å². The van der Waals surface area contributed by atoms with Crippen molar-refractivity contribution >= 4 is 52.3 Å². The molecule has 7 nitrogen and oxygen atoms in total. The SMILES string of the molecule is COC(=O)/C=C1/S/C(=N\N=Cc2ccc(N(C)C)cc2Cl)NC1=O. The molecule has 0 spiro atoms. The molecule has 0 aliphatic carbocycles. The van der Waals surface area contributed by atoms with E-state index in [1.165, 1.54) is 13.3 Å². The monoisotopic (exact) mass is 366 g/mol. The molecule has 0 bridgehead atoms. The van der Waals surface area contributed by atoms with E-state index in [1.807, 2.05) is 37.2 Å². The highest BCUT2D eigenvalue weighted by atomic mass is 35.5. The summed E-state index contributed by atoms with van der Waals surface area (Å²) < 4.78 is 4.48. The highest BCUT2D eigenvalue weighted by molar-refractivity contribution is 8.18. The maximum absolute atomic E-state index is 11.7. The van der Waals surface area contributed by atoms with Gasteiger partial charge in [0.15, 0.2) is 5.17 Å². The van der Waals surface area contributed by atoms with Gasteiger partial charge in [-0.1, -0.05) is 11.6 Å². The molecule has 0 unspecified atom stereocenters. The molecule has 0 atom stereocenters. The van der Waals surface area contributed by atoms with Gasteiger partial charge in [0.05, 0.1) is 23.3 Å². The van der Waals surface area contributed by atoms with Crippen LogP contribution in [0.15, 0.2) is 39.4 Å². The van der Waals surface area contributed by atoms with Crippen molar-refractivity contribution in [3.63, 3.8) is 0 Å². The van der Waals surface area contributed by atoms with E-state index in [0.29, 0.717) is 10.6 Å². The van der Waals surface area contributed by atoms with Crippen LogP contribution in [0.1, 0.15) is 5.56 Å². The maximum atomic E-state index is 11.7. The number of hydrogen-bond acceptors (Lipinski definition) is 7. The standard InChI is InChI=1S/C15H15ClN4O3S/c1-20(2)10-5-4-9(11(16)6-10)8-17-19-15-18-14(22)12(24-15)7-13(21)23-3/h4-8H,1-3H3,(H,18,19,22)/b12-7+,17-8?. The Kier molecular flexibility index (Phi) is 5.99. The number of anilines is 1. The van der Waals surface area contributed by atoms with Crippen molar-refractivity contribution in [3.05, 3.63) is 39.8 Å². The third-order valence-electron chi connectivity index (χ3n) is 2.95. The number of hydrogen-bond donors (Lipinski definition) is 1. The number of nitrogens with zero attached hydrogens (tertiary/aromatic N) is 3. The molecule has 1 aliphatic rings. The number of carbonyl (C=O) groups is 2. The van der Waals surface area contributed by atoms with Gasteiger partial charge in [0, 0.05) is 31.4 Å². The van der Waals surface area contributed by atoms with Crippen LogP contribution >= 0.6 is 23.4 Å². The van der Waals surface area contributed by atoms with Gasteiger partial charge in [0.25, 0.3) is 5.91 Å². The van der Waals surface area contributed by atoms with Gasteiger partial charge in [0.2, 0.25) is 0 Å². The van der Waals surface area contributed by atoms with E-state index in [0.717, 1.165) is 23.5 Å². The highest BCUT2D eigenvalue weighted by Crippen LogP contribution is 2.24. The number of rotatable bonds is 4. The van der Waals surface area contributed by atoms with Gasteiger partial charge >= 0.3 is 5.97 Å². The van der Waals surface area contributed by atoms with Crippen molar-refractivity contribution in [2.24, 2.45) is 10.2 Å². The number of ether oxygens (including phenoxy) is 1. The third kappa shape index (κ3) is 4.59. The summed E-state index contributed by atoms with van der Waals surface area (Å²) in [5.41, 5.74) is 1.67. The summed E-state index contributed by atoms with van der Waals surface area (Å²) >= 11 is 7.19. The van der Waals surface area contributed by atoms with Crippen LogP contribution in [0.5, 0.6) is 0 Å². The number of nitrogens with one attached hydrogen (secondary N) is 1. The average molecular weight is 367 g/mol. The maximum Gasteiger partial charge on any atom is 0.331 e. The normalized spacial score (nSPS) is 17.6. The Labute approximate surface area is 148 Å². The van der Waals surface area contributed by atoms with Crippen molar-refractivity contribution in [1.82, 2.24) is 5.32 Å². The van der Waals surface area contributed by atoms with E-state index in [1.54, 1.807) is 0 Å². The first kappa shape index (κ1) is 18.0. The highest BCUT2D eigenvalue weighted by Gasteiger charge is 2.24. The van der Waals surface area contributed by atoms with E-state index in [4.69, 9.17) is 11.6 Å². The average Bonchev–Trinajstić information content (AvgIpc) is 2.88. The molecule has 1 amide bonds. The quantitative estimate of drug-likeness (QED) is 0.381. The number of esters is 1. The van der Waals surface area contributed by atoms with Gasteiger partial charge in [-0.15, -0.1) is 5.10 Å². The number of thioether (sulfide) groups is 1. The molecule has 0 radical (unpaired) electrons. The minimum atomic E-state index is -0.606. The molecule has 1 saturated heterocycles.